The minimum Gasteiger partial charge on any atom is -0.313 e. The van der Waals surface area contributed by atoms with Gasteiger partial charge in [0.2, 0.25) is 6.29 Å². The van der Waals surface area contributed by atoms with Gasteiger partial charge < -0.3 is 4.74 Å². The molecule has 0 saturated carbocycles. The van der Waals surface area contributed by atoms with E-state index in [0.717, 1.165) is 11.1 Å². The van der Waals surface area contributed by atoms with Gasteiger partial charge in [0, 0.05) is 23.1 Å². The molecule has 4 nitrogen and oxygen atoms in total. The Hall–Kier alpha value is -2.79. The van der Waals surface area contributed by atoms with Crippen LogP contribution in [0.5, 0.6) is 0 Å². The molecule has 1 aliphatic heterocycles. The maximum Gasteiger partial charge on any atom is 0.220 e. The zero-order chi connectivity index (χ0) is 17.8. The second-order valence-electron chi connectivity index (χ2n) is 6.06. The van der Waals surface area contributed by atoms with Crippen LogP contribution in [0.1, 0.15) is 33.3 Å². The molecule has 1 saturated heterocycles. The summed E-state index contributed by atoms with van der Waals surface area (Å²) in [6, 6.07) is 26.4. The van der Waals surface area contributed by atoms with Gasteiger partial charge in [-0.2, -0.15) is 4.89 Å². The first-order valence-electron chi connectivity index (χ1n) is 8.51. The van der Waals surface area contributed by atoms with Gasteiger partial charge >= 0.3 is 0 Å². The number of carbonyl (C=O) groups excluding carboxylic acids is 1. The highest BCUT2D eigenvalue weighted by molar-refractivity contribution is 6.09. The standard InChI is InChI=1S/C22H18O4/c23-21(16-9-3-1-4-10-16)19-14-8-7-13-18(19)15-20-24-22(26-25-20)17-11-5-2-6-12-17/h1-14,20,22H,15H2. The highest BCUT2D eigenvalue weighted by atomic mass is 17.3. The van der Waals surface area contributed by atoms with E-state index >= 15 is 0 Å². The van der Waals surface area contributed by atoms with Gasteiger partial charge in [0.25, 0.3) is 0 Å². The third-order valence-corrected chi connectivity index (χ3v) is 4.28. The molecule has 1 fully saturated rings. The van der Waals surface area contributed by atoms with Crippen LogP contribution in [0.2, 0.25) is 0 Å². The van der Waals surface area contributed by atoms with E-state index in [1.807, 2.05) is 84.9 Å². The molecule has 3 aromatic rings. The molecule has 130 valence electrons. The molecule has 1 heterocycles. The molecule has 0 aromatic heterocycles. The van der Waals surface area contributed by atoms with E-state index in [1.54, 1.807) is 0 Å². The lowest BCUT2D eigenvalue weighted by Crippen LogP contribution is -2.15. The largest absolute Gasteiger partial charge is 0.313 e. The highest BCUT2D eigenvalue weighted by Crippen LogP contribution is 2.30. The van der Waals surface area contributed by atoms with Gasteiger partial charge in [-0.25, -0.2) is 4.89 Å². The van der Waals surface area contributed by atoms with Crippen LogP contribution in [0.15, 0.2) is 84.9 Å². The Morgan fingerprint density at radius 1 is 0.769 bits per heavy atom. The number of hydrogen-bond acceptors (Lipinski definition) is 4. The van der Waals surface area contributed by atoms with E-state index in [-0.39, 0.29) is 5.78 Å². The molecular weight excluding hydrogens is 328 g/mol. The Kier molecular flexibility index (Phi) is 4.88. The molecule has 3 aromatic carbocycles. The van der Waals surface area contributed by atoms with Gasteiger partial charge in [-0.3, -0.25) is 4.79 Å². The predicted molar refractivity (Wildman–Crippen MR) is 96.2 cm³/mol. The SMILES string of the molecule is O=C(c1ccccc1)c1ccccc1CC1OOC(c2ccccc2)O1. The van der Waals surface area contributed by atoms with Crippen molar-refractivity contribution in [1.29, 1.82) is 0 Å². The maximum absolute atomic E-state index is 12.8. The van der Waals surface area contributed by atoms with Crippen molar-refractivity contribution in [3.05, 3.63) is 107 Å². The number of ketones is 1. The summed E-state index contributed by atoms with van der Waals surface area (Å²) in [4.78, 5) is 23.4. The molecule has 0 bridgehead atoms. The molecule has 0 aliphatic carbocycles. The van der Waals surface area contributed by atoms with E-state index in [4.69, 9.17) is 14.5 Å². The van der Waals surface area contributed by atoms with E-state index in [2.05, 4.69) is 0 Å². The number of carbonyl (C=O) groups is 1. The third-order valence-electron chi connectivity index (χ3n) is 4.28. The van der Waals surface area contributed by atoms with Crippen LogP contribution < -0.4 is 0 Å². The maximum atomic E-state index is 12.8. The number of hydrogen-bond donors (Lipinski definition) is 0. The lowest BCUT2D eigenvalue weighted by atomic mass is 9.96. The molecule has 0 N–H and O–H groups in total. The van der Waals surface area contributed by atoms with Gasteiger partial charge in [-0.05, 0) is 5.56 Å². The van der Waals surface area contributed by atoms with Crippen LogP contribution in [-0.4, -0.2) is 12.1 Å². The van der Waals surface area contributed by atoms with Gasteiger partial charge in [-0.15, -0.1) is 0 Å². The molecule has 0 radical (unpaired) electrons. The number of benzene rings is 3. The molecule has 2 atom stereocenters. The fourth-order valence-electron chi connectivity index (χ4n) is 2.97. The van der Waals surface area contributed by atoms with Gasteiger partial charge in [0.05, 0.1) is 0 Å². The smallest absolute Gasteiger partial charge is 0.220 e. The van der Waals surface area contributed by atoms with E-state index in [1.165, 1.54) is 0 Å². The zero-order valence-corrected chi connectivity index (χ0v) is 14.1. The number of rotatable bonds is 5. The first kappa shape index (κ1) is 16.7. The Morgan fingerprint density at radius 2 is 1.42 bits per heavy atom. The summed E-state index contributed by atoms with van der Waals surface area (Å²) in [6.45, 7) is 0. The van der Waals surface area contributed by atoms with E-state index < -0.39 is 12.6 Å². The van der Waals surface area contributed by atoms with Crippen LogP contribution in [0, 0.1) is 0 Å². The van der Waals surface area contributed by atoms with Crippen molar-refractivity contribution in [3.63, 3.8) is 0 Å². The number of ether oxygens (including phenoxy) is 1. The summed E-state index contributed by atoms with van der Waals surface area (Å²) in [6.07, 6.45) is -0.693. The van der Waals surface area contributed by atoms with Crippen molar-refractivity contribution >= 4 is 5.78 Å². The Balaban J connectivity index is 1.50. The van der Waals surface area contributed by atoms with Crippen LogP contribution >= 0.6 is 0 Å². The zero-order valence-electron chi connectivity index (χ0n) is 14.1. The quantitative estimate of drug-likeness (QED) is 0.505. The second-order valence-corrected chi connectivity index (χ2v) is 6.06. The topological polar surface area (TPSA) is 44.8 Å². The monoisotopic (exact) mass is 346 g/mol. The summed E-state index contributed by atoms with van der Waals surface area (Å²) in [7, 11) is 0. The molecule has 26 heavy (non-hydrogen) atoms. The van der Waals surface area contributed by atoms with Crippen molar-refractivity contribution in [3.8, 4) is 0 Å². The van der Waals surface area contributed by atoms with Crippen LogP contribution in [0.25, 0.3) is 0 Å². The van der Waals surface area contributed by atoms with Crippen LogP contribution in [-0.2, 0) is 20.9 Å². The summed E-state index contributed by atoms with van der Waals surface area (Å²) < 4.78 is 5.84. The van der Waals surface area contributed by atoms with Crippen molar-refractivity contribution in [2.45, 2.75) is 19.0 Å². The average molecular weight is 346 g/mol. The van der Waals surface area contributed by atoms with Gasteiger partial charge in [0.15, 0.2) is 12.1 Å². The molecular formula is C22H18O4. The summed E-state index contributed by atoms with van der Waals surface area (Å²) >= 11 is 0. The fourth-order valence-corrected chi connectivity index (χ4v) is 2.97. The first-order valence-corrected chi connectivity index (χ1v) is 8.51. The lowest BCUT2D eigenvalue weighted by molar-refractivity contribution is -0.298. The summed E-state index contributed by atoms with van der Waals surface area (Å²) in [5.41, 5.74) is 3.06. The van der Waals surface area contributed by atoms with E-state index in [0.29, 0.717) is 17.5 Å². The van der Waals surface area contributed by atoms with Crippen molar-refractivity contribution in [1.82, 2.24) is 0 Å². The predicted octanol–water partition coefficient (Wildman–Crippen LogP) is 4.46. The second kappa shape index (κ2) is 7.62. The minimum atomic E-state index is -0.565. The molecule has 4 heteroatoms. The summed E-state index contributed by atoms with van der Waals surface area (Å²) in [5, 5.41) is 0. The molecule has 2 unspecified atom stereocenters. The van der Waals surface area contributed by atoms with Gasteiger partial charge in [0.1, 0.15) is 0 Å². The lowest BCUT2D eigenvalue weighted by Gasteiger charge is -2.12. The Bertz CT molecular complexity index is 877. The molecule has 0 amide bonds. The highest BCUT2D eigenvalue weighted by Gasteiger charge is 2.30. The molecule has 4 rings (SSSR count). The Labute approximate surface area is 151 Å². The van der Waals surface area contributed by atoms with E-state index in [9.17, 15) is 4.79 Å². The molecule has 0 spiro atoms. The first-order chi connectivity index (χ1) is 12.8. The fraction of sp³-hybridized carbons (Fsp3) is 0.136. The van der Waals surface area contributed by atoms with Crippen molar-refractivity contribution in [2.24, 2.45) is 0 Å². The normalized spacial score (nSPS) is 19.4. The van der Waals surface area contributed by atoms with Crippen molar-refractivity contribution < 1.29 is 19.3 Å². The van der Waals surface area contributed by atoms with Gasteiger partial charge in [-0.1, -0.05) is 84.9 Å². The third kappa shape index (κ3) is 3.58. The van der Waals surface area contributed by atoms with Crippen LogP contribution in [0.4, 0.5) is 0 Å². The van der Waals surface area contributed by atoms with Crippen molar-refractivity contribution in [2.75, 3.05) is 0 Å². The summed E-state index contributed by atoms with van der Waals surface area (Å²) in [5.74, 6) is -0.0141. The molecule has 1 aliphatic rings. The average Bonchev–Trinajstić information content (AvgIpc) is 3.18. The Morgan fingerprint density at radius 3 is 2.19 bits per heavy atom. The minimum absolute atomic E-state index is 0.0141. The van der Waals surface area contributed by atoms with Crippen LogP contribution in [0.3, 0.4) is 0 Å².